The molecule has 0 spiro atoms. The van der Waals surface area contributed by atoms with Crippen molar-refractivity contribution in [3.05, 3.63) is 12.2 Å². The summed E-state index contributed by atoms with van der Waals surface area (Å²) in [6, 6.07) is 0. The van der Waals surface area contributed by atoms with Crippen LogP contribution in [0.5, 0.6) is 0 Å². The quantitative estimate of drug-likeness (QED) is 0.220. The van der Waals surface area contributed by atoms with Crippen LogP contribution in [0.25, 0.3) is 0 Å². The zero-order chi connectivity index (χ0) is 22.0. The molecule has 0 aromatic rings. The van der Waals surface area contributed by atoms with Gasteiger partial charge in [0.2, 0.25) is 0 Å². The summed E-state index contributed by atoms with van der Waals surface area (Å²) in [5.74, 6) is 1.21. The Morgan fingerprint density at radius 1 is 1.20 bits per heavy atom. The molecule has 0 amide bonds. The van der Waals surface area contributed by atoms with Gasteiger partial charge in [-0.25, -0.2) is 0 Å². The van der Waals surface area contributed by atoms with Crippen LogP contribution in [0.2, 0.25) is 0 Å². The van der Waals surface area contributed by atoms with Gasteiger partial charge in [-0.15, -0.1) is 0 Å². The summed E-state index contributed by atoms with van der Waals surface area (Å²) < 4.78 is 5.14. The number of aliphatic hydroxyl groups is 1. The Balaban J connectivity index is 1.70. The first-order valence-electron chi connectivity index (χ1n) is 12.4. The van der Waals surface area contributed by atoms with Gasteiger partial charge < -0.3 is 9.84 Å². The molecule has 2 fully saturated rings. The van der Waals surface area contributed by atoms with E-state index in [1.165, 1.54) is 25.7 Å². The average molecular weight is 421 g/mol. The Morgan fingerprint density at radius 2 is 1.97 bits per heavy atom. The van der Waals surface area contributed by atoms with Crippen molar-refractivity contribution in [1.29, 1.82) is 0 Å². The fraction of sp³-hybridized carbons (Fsp3) is 0.846. The van der Waals surface area contributed by atoms with E-state index in [0.717, 1.165) is 51.4 Å². The van der Waals surface area contributed by atoms with Crippen molar-refractivity contribution in [2.24, 2.45) is 17.8 Å². The lowest BCUT2D eigenvalue weighted by molar-refractivity contribution is -0.147. The number of carbonyl (C=O) groups is 2. The van der Waals surface area contributed by atoms with Gasteiger partial charge in [0.25, 0.3) is 0 Å². The Labute approximate surface area is 183 Å². The number of carbonyl (C=O) groups excluding carboxylic acids is 2. The van der Waals surface area contributed by atoms with E-state index in [1.54, 1.807) is 0 Å². The smallest absolute Gasteiger partial charge is 0.306 e. The van der Waals surface area contributed by atoms with Gasteiger partial charge in [-0.2, -0.15) is 0 Å². The number of ether oxygens (including phenoxy) is 1. The molecule has 2 saturated carbocycles. The number of allylic oxidation sites excluding steroid dienone is 2. The van der Waals surface area contributed by atoms with E-state index in [9.17, 15) is 14.7 Å². The molecule has 172 valence electrons. The van der Waals surface area contributed by atoms with Crippen LogP contribution in [-0.4, -0.2) is 28.6 Å². The Kier molecular flexibility index (Phi) is 10.6. The Morgan fingerprint density at radius 3 is 2.70 bits per heavy atom. The van der Waals surface area contributed by atoms with Gasteiger partial charge in [0.15, 0.2) is 0 Å². The molecule has 2 aliphatic rings. The normalized spacial score (nSPS) is 29.0. The molecule has 0 saturated heterocycles. The average Bonchev–Trinajstić information content (AvgIpc) is 2.97. The third kappa shape index (κ3) is 8.17. The van der Waals surface area contributed by atoms with E-state index in [4.69, 9.17) is 4.74 Å². The first-order chi connectivity index (χ1) is 14.3. The zero-order valence-corrected chi connectivity index (χ0v) is 19.5. The van der Waals surface area contributed by atoms with Gasteiger partial charge in [0, 0.05) is 18.8 Å². The minimum atomic E-state index is -0.539. The molecular weight excluding hydrogens is 376 g/mol. The van der Waals surface area contributed by atoms with E-state index in [2.05, 4.69) is 19.1 Å². The topological polar surface area (TPSA) is 63.6 Å². The minimum absolute atomic E-state index is 0.0522. The molecule has 4 atom stereocenters. The largest absolute Gasteiger partial charge is 0.463 e. The molecule has 30 heavy (non-hydrogen) atoms. The van der Waals surface area contributed by atoms with Crippen LogP contribution in [-0.2, 0) is 14.3 Å². The van der Waals surface area contributed by atoms with Crippen LogP contribution in [0.1, 0.15) is 111 Å². The lowest BCUT2D eigenvalue weighted by Gasteiger charge is -2.40. The van der Waals surface area contributed by atoms with Gasteiger partial charge in [-0.05, 0) is 70.6 Å². The fourth-order valence-electron chi connectivity index (χ4n) is 5.45. The number of hydrogen-bond acceptors (Lipinski definition) is 4. The van der Waals surface area contributed by atoms with Crippen molar-refractivity contribution in [3.8, 4) is 0 Å². The van der Waals surface area contributed by atoms with Crippen molar-refractivity contribution in [2.75, 3.05) is 0 Å². The molecule has 0 aromatic carbocycles. The molecule has 2 rings (SSSR count). The molecular formula is C26H44O4. The summed E-state index contributed by atoms with van der Waals surface area (Å²) in [6.07, 6.45) is 17.4. The van der Waals surface area contributed by atoms with Crippen LogP contribution in [0, 0.1) is 17.8 Å². The first kappa shape index (κ1) is 25.1. The molecule has 1 unspecified atom stereocenters. The van der Waals surface area contributed by atoms with Crippen LogP contribution in [0.4, 0.5) is 0 Å². The van der Waals surface area contributed by atoms with Crippen LogP contribution in [0.15, 0.2) is 12.2 Å². The lowest BCUT2D eigenvalue weighted by Crippen LogP contribution is -2.38. The second-order valence-corrected chi connectivity index (χ2v) is 9.97. The number of esters is 1. The molecule has 2 aliphatic carbocycles. The van der Waals surface area contributed by atoms with Crippen molar-refractivity contribution >= 4 is 11.8 Å². The van der Waals surface area contributed by atoms with E-state index in [0.29, 0.717) is 30.5 Å². The molecule has 0 bridgehead atoms. The number of Topliss-reactive ketones (excluding diaryl/α,β-unsaturated/α-hetero) is 1. The molecule has 0 aliphatic heterocycles. The summed E-state index contributed by atoms with van der Waals surface area (Å²) in [4.78, 5) is 24.2. The van der Waals surface area contributed by atoms with Crippen molar-refractivity contribution in [1.82, 2.24) is 0 Å². The third-order valence-corrected chi connectivity index (χ3v) is 7.01. The number of rotatable bonds is 13. The third-order valence-electron chi connectivity index (χ3n) is 7.01. The maximum Gasteiger partial charge on any atom is 0.306 e. The van der Waals surface area contributed by atoms with Gasteiger partial charge in [-0.1, -0.05) is 51.2 Å². The minimum Gasteiger partial charge on any atom is -0.463 e. The zero-order valence-electron chi connectivity index (χ0n) is 19.5. The van der Waals surface area contributed by atoms with E-state index < -0.39 is 5.60 Å². The Hall–Kier alpha value is -1.16. The monoisotopic (exact) mass is 420 g/mol. The highest BCUT2D eigenvalue weighted by Gasteiger charge is 2.48. The number of hydrogen-bond donors (Lipinski definition) is 1. The number of ketones is 1. The standard InChI is InChI=1S/C26H44O4/c1-4-5-6-9-12-16-26(29)17-15-22-21(19-26)18-24(27)23(22)13-10-7-8-11-14-25(28)30-20(2)3/h7,10,20-23,29H,4-6,8-9,11-19H2,1-3H3/t21-,22-,23+,26?/m0/s1. The first-order valence-corrected chi connectivity index (χ1v) is 12.4. The molecule has 0 aromatic heterocycles. The molecule has 4 nitrogen and oxygen atoms in total. The molecule has 4 heteroatoms. The van der Waals surface area contributed by atoms with Gasteiger partial charge in [0.05, 0.1) is 11.7 Å². The second-order valence-electron chi connectivity index (χ2n) is 9.97. The predicted molar refractivity (Wildman–Crippen MR) is 121 cm³/mol. The summed E-state index contributed by atoms with van der Waals surface area (Å²) in [5.41, 5.74) is -0.539. The van der Waals surface area contributed by atoms with Gasteiger partial charge in [-0.3, -0.25) is 9.59 Å². The highest BCUT2D eigenvalue weighted by molar-refractivity contribution is 5.84. The van der Waals surface area contributed by atoms with Crippen LogP contribution in [0.3, 0.4) is 0 Å². The summed E-state index contributed by atoms with van der Waals surface area (Å²) in [7, 11) is 0. The van der Waals surface area contributed by atoms with Crippen molar-refractivity contribution < 1.29 is 19.4 Å². The summed E-state index contributed by atoms with van der Waals surface area (Å²) >= 11 is 0. The summed E-state index contributed by atoms with van der Waals surface area (Å²) in [5, 5.41) is 11.1. The van der Waals surface area contributed by atoms with Crippen LogP contribution >= 0.6 is 0 Å². The maximum absolute atomic E-state index is 12.6. The maximum atomic E-state index is 12.6. The van der Waals surface area contributed by atoms with E-state index in [-0.39, 0.29) is 18.0 Å². The highest BCUT2D eigenvalue weighted by atomic mass is 16.5. The molecule has 1 N–H and O–H groups in total. The van der Waals surface area contributed by atoms with Gasteiger partial charge in [0.1, 0.15) is 5.78 Å². The summed E-state index contributed by atoms with van der Waals surface area (Å²) in [6.45, 7) is 5.95. The lowest BCUT2D eigenvalue weighted by atomic mass is 9.69. The van der Waals surface area contributed by atoms with Gasteiger partial charge >= 0.3 is 5.97 Å². The van der Waals surface area contributed by atoms with Crippen molar-refractivity contribution in [3.63, 3.8) is 0 Å². The fourth-order valence-corrected chi connectivity index (χ4v) is 5.45. The Bertz CT molecular complexity index is 567. The number of fused-ring (bicyclic) bond motifs is 1. The second kappa shape index (κ2) is 12.6. The number of unbranched alkanes of at least 4 members (excludes halogenated alkanes) is 5. The van der Waals surface area contributed by atoms with Crippen LogP contribution < -0.4 is 0 Å². The molecule has 0 radical (unpaired) electrons. The van der Waals surface area contributed by atoms with Crippen molar-refractivity contribution in [2.45, 2.75) is 122 Å². The van der Waals surface area contributed by atoms with E-state index >= 15 is 0 Å². The molecule has 0 heterocycles. The highest BCUT2D eigenvalue weighted by Crippen LogP contribution is 2.49. The SMILES string of the molecule is CCCCCCCC1(O)CC[C@H]2[C@@H](CC(=O)[C@@H]2CC=CCCCC(=O)OC(C)C)C1. The van der Waals surface area contributed by atoms with E-state index in [1.807, 2.05) is 13.8 Å². The predicted octanol–water partition coefficient (Wildman–Crippen LogP) is 6.15.